The number of nitrogens with one attached hydrogen (secondary N) is 4. The molecule has 3 amide bonds. The van der Waals surface area contributed by atoms with Crippen LogP contribution in [0.3, 0.4) is 0 Å². The average Bonchev–Trinajstić information content (AvgIpc) is 3.62. The number of aromatic amines is 1. The van der Waals surface area contributed by atoms with E-state index in [1.54, 1.807) is 11.8 Å². The molecule has 2 atom stereocenters. The Bertz CT molecular complexity index is 1710. The van der Waals surface area contributed by atoms with Crippen molar-refractivity contribution in [1.29, 1.82) is 0 Å². The maximum absolute atomic E-state index is 14.1. The normalized spacial score (nSPS) is 13.4. The van der Waals surface area contributed by atoms with Crippen molar-refractivity contribution in [3.8, 4) is 0 Å². The topological polar surface area (TPSA) is 129 Å². The lowest BCUT2D eigenvalue weighted by molar-refractivity contribution is -0.128. The van der Waals surface area contributed by atoms with Crippen LogP contribution in [0.4, 0.5) is 4.79 Å². The van der Waals surface area contributed by atoms with Gasteiger partial charge in [0.25, 0.3) is 0 Å². The number of hydrogen-bond donors (Lipinski definition) is 4. The molecule has 44 heavy (non-hydrogen) atoms. The number of carbonyl (C=O) groups is 3. The van der Waals surface area contributed by atoms with Crippen molar-refractivity contribution in [2.24, 2.45) is 0 Å². The lowest BCUT2D eigenvalue weighted by atomic mass is 9.90. The molecule has 2 heterocycles. The maximum Gasteiger partial charge on any atom is 0.408 e. The summed E-state index contributed by atoms with van der Waals surface area (Å²) in [6.45, 7) is 1.95. The molecule has 4 N–H and O–H groups in total. The van der Waals surface area contributed by atoms with E-state index in [9.17, 15) is 14.4 Å². The second kappa shape index (κ2) is 13.5. The van der Waals surface area contributed by atoms with E-state index >= 15 is 0 Å². The quantitative estimate of drug-likeness (QED) is 0.166. The summed E-state index contributed by atoms with van der Waals surface area (Å²) in [6, 6.07) is 26.0. The van der Waals surface area contributed by atoms with Gasteiger partial charge in [-0.2, -0.15) is 0 Å². The molecule has 0 aliphatic carbocycles. The van der Waals surface area contributed by atoms with Gasteiger partial charge in [-0.1, -0.05) is 66.7 Å². The van der Waals surface area contributed by atoms with E-state index in [0.717, 1.165) is 27.4 Å². The predicted molar refractivity (Wildman–Crippen MR) is 169 cm³/mol. The number of aromatic nitrogens is 1. The van der Waals surface area contributed by atoms with Gasteiger partial charge in [-0.25, -0.2) is 4.79 Å². The molecule has 5 aromatic rings. The van der Waals surface area contributed by atoms with E-state index in [-0.39, 0.29) is 32.0 Å². The van der Waals surface area contributed by atoms with Crippen molar-refractivity contribution in [2.75, 3.05) is 27.2 Å². The zero-order valence-electron chi connectivity index (χ0n) is 25.1. The van der Waals surface area contributed by atoms with Crippen molar-refractivity contribution in [2.45, 2.75) is 31.5 Å². The molecule has 10 nitrogen and oxygen atoms in total. The Labute approximate surface area is 255 Å². The summed E-state index contributed by atoms with van der Waals surface area (Å²) in [5.74, 6) is -0.111. The molecule has 5 rings (SSSR count). The van der Waals surface area contributed by atoms with Gasteiger partial charge in [0.15, 0.2) is 6.61 Å². The minimum atomic E-state index is -1.42. The maximum atomic E-state index is 14.1. The number of rotatable bonds is 12. The van der Waals surface area contributed by atoms with Crippen LogP contribution in [-0.2, 0) is 27.4 Å². The van der Waals surface area contributed by atoms with Crippen LogP contribution in [0.2, 0.25) is 0 Å². The predicted octanol–water partition coefficient (Wildman–Crippen LogP) is 4.68. The van der Waals surface area contributed by atoms with Crippen molar-refractivity contribution < 1.29 is 23.5 Å². The number of amides is 3. The Morgan fingerprint density at radius 3 is 2.48 bits per heavy atom. The Balaban J connectivity index is 1.36. The van der Waals surface area contributed by atoms with E-state index in [1.165, 1.54) is 0 Å². The summed E-state index contributed by atoms with van der Waals surface area (Å²) in [5, 5.41) is 10.7. The standard InChI is InChI=1S/C34H37N5O5/c1-34(18-25-19-35-28-15-9-8-14-27(25)28,38-33(42)43-22-26-17-24-13-7-10-16-30(24)44-26)32(41)37-29(23-11-5-4-6-12-23)20-36-31(40)21-39(2)3/h4-17,19,29,35H,18,20-22H2,1-3H3,(H,36,40)(H,37,41)(H,38,42). The molecule has 0 bridgehead atoms. The SMILES string of the molecule is CN(C)CC(=O)NCC(NC(=O)C(C)(Cc1c[nH]c2ccccc12)NC(=O)OCc1cc2ccccc2o1)c1ccccc1. The zero-order chi connectivity index (χ0) is 31.1. The van der Waals surface area contributed by atoms with E-state index in [4.69, 9.17) is 9.15 Å². The summed E-state index contributed by atoms with van der Waals surface area (Å²) >= 11 is 0. The summed E-state index contributed by atoms with van der Waals surface area (Å²) in [7, 11) is 3.62. The number of furan rings is 1. The minimum absolute atomic E-state index is 0.101. The van der Waals surface area contributed by atoms with E-state index < -0.39 is 23.6 Å². The highest BCUT2D eigenvalue weighted by Crippen LogP contribution is 2.25. The van der Waals surface area contributed by atoms with Gasteiger partial charge in [-0.15, -0.1) is 0 Å². The number of carbonyl (C=O) groups excluding carboxylic acids is 3. The number of fused-ring (bicyclic) bond motifs is 2. The zero-order valence-corrected chi connectivity index (χ0v) is 25.1. The highest BCUT2D eigenvalue weighted by Gasteiger charge is 2.38. The number of benzene rings is 3. The molecule has 0 aliphatic heterocycles. The molecule has 3 aromatic carbocycles. The first-order valence-electron chi connectivity index (χ1n) is 14.4. The molecule has 2 unspecified atom stereocenters. The van der Waals surface area contributed by atoms with Gasteiger partial charge in [0.1, 0.15) is 16.9 Å². The van der Waals surface area contributed by atoms with Crippen molar-refractivity contribution >= 4 is 39.8 Å². The van der Waals surface area contributed by atoms with Gasteiger partial charge in [-0.05, 0) is 50.3 Å². The fourth-order valence-electron chi connectivity index (χ4n) is 5.16. The fraction of sp³-hybridized carbons (Fsp3) is 0.265. The highest BCUT2D eigenvalue weighted by molar-refractivity contribution is 5.92. The second-order valence-electron chi connectivity index (χ2n) is 11.3. The Morgan fingerprint density at radius 2 is 1.70 bits per heavy atom. The first-order chi connectivity index (χ1) is 21.2. The summed E-state index contributed by atoms with van der Waals surface area (Å²) < 4.78 is 11.3. The fourth-order valence-corrected chi connectivity index (χ4v) is 5.16. The van der Waals surface area contributed by atoms with Crippen LogP contribution in [0.25, 0.3) is 21.9 Å². The van der Waals surface area contributed by atoms with Crippen LogP contribution in [0.5, 0.6) is 0 Å². The number of hydrogen-bond acceptors (Lipinski definition) is 6. The number of alkyl carbamates (subject to hydrolysis) is 1. The summed E-state index contributed by atoms with van der Waals surface area (Å²) in [5.41, 5.74) is 1.86. The van der Waals surface area contributed by atoms with Crippen molar-refractivity contribution in [3.63, 3.8) is 0 Å². The van der Waals surface area contributed by atoms with Gasteiger partial charge in [-0.3, -0.25) is 9.59 Å². The molecule has 0 saturated heterocycles. The van der Waals surface area contributed by atoms with E-state index in [1.807, 2.05) is 105 Å². The lowest BCUT2D eigenvalue weighted by Crippen LogP contribution is -2.59. The Hall–Kier alpha value is -5.09. The van der Waals surface area contributed by atoms with Crippen LogP contribution < -0.4 is 16.0 Å². The third-order valence-electron chi connectivity index (χ3n) is 7.39. The Morgan fingerprint density at radius 1 is 0.977 bits per heavy atom. The van der Waals surface area contributed by atoms with E-state index in [2.05, 4.69) is 20.9 Å². The molecular weight excluding hydrogens is 558 g/mol. The summed E-state index contributed by atoms with van der Waals surface area (Å²) in [4.78, 5) is 44.8. The average molecular weight is 596 g/mol. The van der Waals surface area contributed by atoms with Crippen LogP contribution in [-0.4, -0.2) is 60.5 Å². The molecule has 10 heteroatoms. The van der Waals surface area contributed by atoms with Gasteiger partial charge in [0.2, 0.25) is 11.8 Å². The molecular formula is C34H37N5O5. The highest BCUT2D eigenvalue weighted by atomic mass is 16.6. The summed E-state index contributed by atoms with van der Waals surface area (Å²) in [6.07, 6.45) is 1.25. The second-order valence-corrected chi connectivity index (χ2v) is 11.3. The third kappa shape index (κ3) is 7.45. The lowest BCUT2D eigenvalue weighted by Gasteiger charge is -2.31. The monoisotopic (exact) mass is 595 g/mol. The van der Waals surface area contributed by atoms with Crippen LogP contribution in [0.1, 0.15) is 29.9 Å². The van der Waals surface area contributed by atoms with Crippen molar-refractivity contribution in [3.05, 3.63) is 108 Å². The largest absolute Gasteiger partial charge is 0.457 e. The molecule has 0 saturated carbocycles. The molecule has 0 radical (unpaired) electrons. The minimum Gasteiger partial charge on any atom is -0.457 e. The van der Waals surface area contributed by atoms with Gasteiger partial charge < -0.3 is 35.0 Å². The number of H-pyrrole nitrogens is 1. The van der Waals surface area contributed by atoms with Crippen LogP contribution >= 0.6 is 0 Å². The van der Waals surface area contributed by atoms with Gasteiger partial charge in [0.05, 0.1) is 12.6 Å². The van der Waals surface area contributed by atoms with Crippen LogP contribution in [0, 0.1) is 0 Å². The molecule has 0 aliphatic rings. The third-order valence-corrected chi connectivity index (χ3v) is 7.39. The number of para-hydroxylation sites is 2. The molecule has 0 fully saturated rings. The molecule has 228 valence electrons. The van der Waals surface area contributed by atoms with Crippen molar-refractivity contribution in [1.82, 2.24) is 25.8 Å². The first-order valence-corrected chi connectivity index (χ1v) is 14.4. The smallest absolute Gasteiger partial charge is 0.408 e. The molecule has 0 spiro atoms. The van der Waals surface area contributed by atoms with E-state index in [0.29, 0.717) is 11.3 Å². The van der Waals surface area contributed by atoms with Crippen LogP contribution in [0.15, 0.2) is 95.5 Å². The number of ether oxygens (including phenoxy) is 1. The Kier molecular flexibility index (Phi) is 9.30. The number of nitrogens with zero attached hydrogens (tertiary/aromatic N) is 1. The van der Waals surface area contributed by atoms with Gasteiger partial charge in [0, 0.05) is 35.5 Å². The number of likely N-dealkylation sites (N-methyl/N-ethyl adjacent to an activating group) is 1. The first kappa shape index (κ1) is 30.4. The van der Waals surface area contributed by atoms with Gasteiger partial charge >= 0.3 is 6.09 Å². The molecule has 2 aromatic heterocycles.